The summed E-state index contributed by atoms with van der Waals surface area (Å²) in [5.41, 5.74) is 4.06. The first-order chi connectivity index (χ1) is 6.70. The maximum Gasteiger partial charge on any atom is 0.0628 e. The average molecular weight is 196 g/mol. The summed E-state index contributed by atoms with van der Waals surface area (Å²) in [7, 11) is 2.04. The first-order valence-corrected chi connectivity index (χ1v) is 5.72. The molecule has 0 fully saturated rings. The molecular weight excluding hydrogens is 172 g/mol. The quantitative estimate of drug-likeness (QED) is 0.725. The van der Waals surface area contributed by atoms with Crippen molar-refractivity contribution in [3.63, 3.8) is 0 Å². The van der Waals surface area contributed by atoms with Gasteiger partial charge in [-0.2, -0.15) is 5.10 Å². The second kappa shape index (κ2) is 6.63. The standard InChI is InChI=1S/C10H18N2.C2H6/c1-5-7-10-9(6-2)8(3)11-12(10)4;1-2/h5-7H2,1-4H3;1-2H3. The fourth-order valence-electron chi connectivity index (χ4n) is 1.76. The maximum atomic E-state index is 4.42. The lowest BCUT2D eigenvalue weighted by Crippen LogP contribution is -1.99. The first-order valence-electron chi connectivity index (χ1n) is 5.72. The van der Waals surface area contributed by atoms with Gasteiger partial charge in [0.1, 0.15) is 0 Å². The minimum absolute atomic E-state index is 1.11. The van der Waals surface area contributed by atoms with Crippen LogP contribution in [0.25, 0.3) is 0 Å². The van der Waals surface area contributed by atoms with Crippen LogP contribution in [0, 0.1) is 6.92 Å². The molecule has 2 nitrogen and oxygen atoms in total. The zero-order valence-corrected chi connectivity index (χ0v) is 10.5. The van der Waals surface area contributed by atoms with Crippen molar-refractivity contribution in [3.05, 3.63) is 17.0 Å². The number of rotatable bonds is 3. The Morgan fingerprint density at radius 3 is 2.21 bits per heavy atom. The lowest BCUT2D eigenvalue weighted by atomic mass is 10.1. The summed E-state index contributed by atoms with van der Waals surface area (Å²) in [5.74, 6) is 0. The molecule has 0 unspecified atom stereocenters. The van der Waals surface area contributed by atoms with E-state index in [9.17, 15) is 0 Å². The number of hydrogen-bond donors (Lipinski definition) is 0. The molecule has 0 radical (unpaired) electrons. The molecule has 1 aromatic heterocycles. The predicted octanol–water partition coefficient (Wildman–Crippen LogP) is 3.27. The minimum Gasteiger partial charge on any atom is -0.272 e. The molecule has 0 spiro atoms. The van der Waals surface area contributed by atoms with Crippen molar-refractivity contribution in [2.75, 3.05) is 0 Å². The average Bonchev–Trinajstić information content (AvgIpc) is 2.45. The van der Waals surface area contributed by atoms with Crippen LogP contribution in [0.15, 0.2) is 0 Å². The van der Waals surface area contributed by atoms with E-state index in [4.69, 9.17) is 0 Å². The highest BCUT2D eigenvalue weighted by Gasteiger charge is 2.09. The molecule has 0 saturated heterocycles. The molecule has 82 valence electrons. The Morgan fingerprint density at radius 2 is 1.79 bits per heavy atom. The molecule has 0 aliphatic heterocycles. The highest BCUT2D eigenvalue weighted by Crippen LogP contribution is 2.14. The highest BCUT2D eigenvalue weighted by molar-refractivity contribution is 5.25. The Kier molecular flexibility index (Phi) is 6.26. The lowest BCUT2D eigenvalue weighted by molar-refractivity contribution is 0.689. The molecule has 0 aliphatic rings. The molecule has 0 atom stereocenters. The van der Waals surface area contributed by atoms with Gasteiger partial charge >= 0.3 is 0 Å². The van der Waals surface area contributed by atoms with E-state index >= 15 is 0 Å². The van der Waals surface area contributed by atoms with Gasteiger partial charge in [0.05, 0.1) is 5.69 Å². The van der Waals surface area contributed by atoms with Gasteiger partial charge in [0, 0.05) is 12.7 Å². The molecule has 2 heteroatoms. The lowest BCUT2D eigenvalue weighted by Gasteiger charge is -2.01. The summed E-state index contributed by atoms with van der Waals surface area (Å²) < 4.78 is 2.03. The zero-order chi connectivity index (χ0) is 11.1. The molecule has 0 aliphatic carbocycles. The van der Waals surface area contributed by atoms with E-state index in [1.807, 2.05) is 25.6 Å². The Hall–Kier alpha value is -0.790. The summed E-state index contributed by atoms with van der Waals surface area (Å²) in [4.78, 5) is 0. The Morgan fingerprint density at radius 1 is 1.21 bits per heavy atom. The van der Waals surface area contributed by atoms with Crippen molar-refractivity contribution >= 4 is 0 Å². The number of aromatic nitrogens is 2. The molecule has 1 rings (SSSR count). The highest BCUT2D eigenvalue weighted by atomic mass is 15.3. The van der Waals surface area contributed by atoms with Gasteiger partial charge in [-0.15, -0.1) is 0 Å². The molecule has 0 aromatic carbocycles. The SMILES string of the molecule is CC.CCCc1c(CC)c(C)nn1C. The van der Waals surface area contributed by atoms with Gasteiger partial charge in [0.15, 0.2) is 0 Å². The van der Waals surface area contributed by atoms with E-state index < -0.39 is 0 Å². The van der Waals surface area contributed by atoms with Crippen molar-refractivity contribution in [2.24, 2.45) is 7.05 Å². The summed E-state index contributed by atoms with van der Waals surface area (Å²) in [6, 6.07) is 0. The van der Waals surface area contributed by atoms with Crippen LogP contribution in [-0.2, 0) is 19.9 Å². The van der Waals surface area contributed by atoms with E-state index in [2.05, 4.69) is 25.9 Å². The van der Waals surface area contributed by atoms with Crippen molar-refractivity contribution < 1.29 is 0 Å². The second-order valence-corrected chi connectivity index (χ2v) is 3.24. The molecule has 14 heavy (non-hydrogen) atoms. The van der Waals surface area contributed by atoms with E-state index in [1.165, 1.54) is 23.4 Å². The van der Waals surface area contributed by atoms with Gasteiger partial charge in [-0.25, -0.2) is 0 Å². The predicted molar refractivity (Wildman–Crippen MR) is 62.7 cm³/mol. The fourth-order valence-corrected chi connectivity index (χ4v) is 1.76. The van der Waals surface area contributed by atoms with Crippen molar-refractivity contribution in [1.82, 2.24) is 9.78 Å². The minimum atomic E-state index is 1.11. The van der Waals surface area contributed by atoms with Gasteiger partial charge in [-0.1, -0.05) is 34.1 Å². The number of aryl methyl sites for hydroxylation is 2. The van der Waals surface area contributed by atoms with Gasteiger partial charge < -0.3 is 0 Å². The Labute approximate surface area is 88.3 Å². The van der Waals surface area contributed by atoms with E-state index in [-0.39, 0.29) is 0 Å². The van der Waals surface area contributed by atoms with Gasteiger partial charge in [0.2, 0.25) is 0 Å². The third-order valence-corrected chi connectivity index (χ3v) is 2.32. The Balaban J connectivity index is 0.000000791. The van der Waals surface area contributed by atoms with Crippen LogP contribution < -0.4 is 0 Å². The summed E-state index contributed by atoms with van der Waals surface area (Å²) in [5, 5.41) is 4.42. The van der Waals surface area contributed by atoms with E-state index in [0.29, 0.717) is 0 Å². The van der Waals surface area contributed by atoms with Crippen LogP contribution in [0.3, 0.4) is 0 Å². The van der Waals surface area contributed by atoms with Crippen LogP contribution in [0.1, 0.15) is 51.1 Å². The molecule has 0 N–H and O–H groups in total. The van der Waals surface area contributed by atoms with Gasteiger partial charge in [-0.05, 0) is 25.3 Å². The van der Waals surface area contributed by atoms with Crippen LogP contribution in [0.4, 0.5) is 0 Å². The number of hydrogen-bond acceptors (Lipinski definition) is 1. The molecule has 0 bridgehead atoms. The van der Waals surface area contributed by atoms with Crippen molar-refractivity contribution in [1.29, 1.82) is 0 Å². The number of nitrogens with zero attached hydrogens (tertiary/aromatic N) is 2. The van der Waals surface area contributed by atoms with Gasteiger partial charge in [-0.3, -0.25) is 4.68 Å². The second-order valence-electron chi connectivity index (χ2n) is 3.24. The van der Waals surface area contributed by atoms with Gasteiger partial charge in [0.25, 0.3) is 0 Å². The van der Waals surface area contributed by atoms with Crippen LogP contribution in [0.2, 0.25) is 0 Å². The molecule has 0 amide bonds. The molecule has 0 saturated carbocycles. The zero-order valence-electron chi connectivity index (χ0n) is 10.5. The molecule has 1 heterocycles. The van der Waals surface area contributed by atoms with Crippen LogP contribution in [0.5, 0.6) is 0 Å². The normalized spacial score (nSPS) is 9.57. The van der Waals surface area contributed by atoms with Crippen LogP contribution >= 0.6 is 0 Å². The molecule has 1 aromatic rings. The summed E-state index contributed by atoms with van der Waals surface area (Å²) in [6.07, 6.45) is 3.46. The molecular formula is C12H24N2. The van der Waals surface area contributed by atoms with Crippen molar-refractivity contribution in [3.8, 4) is 0 Å². The monoisotopic (exact) mass is 196 g/mol. The van der Waals surface area contributed by atoms with E-state index in [0.717, 1.165) is 12.8 Å². The fraction of sp³-hybridized carbons (Fsp3) is 0.750. The summed E-state index contributed by atoms with van der Waals surface area (Å²) >= 11 is 0. The third-order valence-electron chi connectivity index (χ3n) is 2.32. The smallest absolute Gasteiger partial charge is 0.0628 e. The Bertz CT molecular complexity index is 262. The van der Waals surface area contributed by atoms with E-state index in [1.54, 1.807) is 0 Å². The topological polar surface area (TPSA) is 17.8 Å². The first kappa shape index (κ1) is 13.2. The van der Waals surface area contributed by atoms with Crippen molar-refractivity contribution in [2.45, 2.75) is 53.9 Å². The largest absolute Gasteiger partial charge is 0.272 e. The van der Waals surface area contributed by atoms with Crippen LogP contribution in [-0.4, -0.2) is 9.78 Å². The summed E-state index contributed by atoms with van der Waals surface area (Å²) in [6.45, 7) is 10.5. The third kappa shape index (κ3) is 2.86. The maximum absolute atomic E-state index is 4.42.